The third-order valence-electron chi connectivity index (χ3n) is 3.02. The van der Waals surface area contributed by atoms with Crippen LogP contribution in [0.4, 0.5) is 0 Å². The Labute approximate surface area is 126 Å². The fraction of sp³-hybridized carbons (Fsp3) is 0.231. The third-order valence-corrected chi connectivity index (χ3v) is 3.33. The molecule has 0 radical (unpaired) electrons. The van der Waals surface area contributed by atoms with Crippen molar-refractivity contribution >= 4 is 11.6 Å². The molecule has 0 spiro atoms. The summed E-state index contributed by atoms with van der Waals surface area (Å²) in [5.74, 6) is 0.629. The van der Waals surface area contributed by atoms with Crippen LogP contribution in [0.15, 0.2) is 30.7 Å². The van der Waals surface area contributed by atoms with Crippen LogP contribution < -0.4 is 5.73 Å². The molecule has 0 saturated carbocycles. The SMILES string of the molecule is Cc1cc(-n2ccc(-n3nccn3)n2)c(CCN)c(Cl)n1. The topological polar surface area (TPSA) is 87.4 Å². The fourth-order valence-corrected chi connectivity index (χ4v) is 2.44. The van der Waals surface area contributed by atoms with Gasteiger partial charge in [0.1, 0.15) is 5.15 Å². The van der Waals surface area contributed by atoms with Gasteiger partial charge in [0.25, 0.3) is 0 Å². The first-order chi connectivity index (χ1) is 10.2. The minimum atomic E-state index is 0.463. The molecule has 8 heteroatoms. The molecule has 0 aliphatic carbocycles. The van der Waals surface area contributed by atoms with Crippen molar-refractivity contribution in [1.82, 2.24) is 29.8 Å². The van der Waals surface area contributed by atoms with Crippen molar-refractivity contribution < 1.29 is 0 Å². The van der Waals surface area contributed by atoms with Gasteiger partial charge in [-0.2, -0.15) is 10.2 Å². The van der Waals surface area contributed by atoms with Gasteiger partial charge in [-0.1, -0.05) is 11.6 Å². The van der Waals surface area contributed by atoms with Crippen molar-refractivity contribution in [3.8, 4) is 11.5 Å². The molecule has 7 nitrogen and oxygen atoms in total. The van der Waals surface area contributed by atoms with Crippen molar-refractivity contribution in [1.29, 1.82) is 0 Å². The average molecular weight is 304 g/mol. The molecule has 0 saturated heterocycles. The number of aromatic nitrogens is 6. The zero-order valence-electron chi connectivity index (χ0n) is 11.4. The maximum atomic E-state index is 6.23. The average Bonchev–Trinajstić information content (AvgIpc) is 3.10. The molecule has 2 N–H and O–H groups in total. The highest BCUT2D eigenvalue weighted by atomic mass is 35.5. The Bertz CT molecular complexity index is 748. The van der Waals surface area contributed by atoms with Gasteiger partial charge in [-0.25, -0.2) is 9.67 Å². The van der Waals surface area contributed by atoms with Gasteiger partial charge in [-0.05, 0) is 26.0 Å². The molecular weight excluding hydrogens is 290 g/mol. The second kappa shape index (κ2) is 5.63. The van der Waals surface area contributed by atoms with Crippen LogP contribution in [0, 0.1) is 6.92 Å². The smallest absolute Gasteiger partial charge is 0.196 e. The van der Waals surface area contributed by atoms with E-state index in [9.17, 15) is 0 Å². The first-order valence-corrected chi connectivity index (χ1v) is 6.85. The summed E-state index contributed by atoms with van der Waals surface area (Å²) in [4.78, 5) is 5.73. The number of halogens is 1. The molecule has 0 fully saturated rings. The van der Waals surface area contributed by atoms with E-state index in [4.69, 9.17) is 17.3 Å². The van der Waals surface area contributed by atoms with Crippen molar-refractivity contribution in [2.75, 3.05) is 6.54 Å². The molecule has 0 bridgehead atoms. The van der Waals surface area contributed by atoms with E-state index in [0.717, 1.165) is 16.9 Å². The van der Waals surface area contributed by atoms with Crippen LogP contribution in [0.5, 0.6) is 0 Å². The fourth-order valence-electron chi connectivity index (χ4n) is 2.11. The molecule has 0 amide bonds. The van der Waals surface area contributed by atoms with E-state index in [1.165, 1.54) is 4.80 Å². The third kappa shape index (κ3) is 2.65. The molecule has 21 heavy (non-hydrogen) atoms. The summed E-state index contributed by atoms with van der Waals surface area (Å²) in [6.45, 7) is 2.38. The molecule has 0 aliphatic heterocycles. The number of hydrogen-bond donors (Lipinski definition) is 1. The Balaban J connectivity index is 2.08. The Morgan fingerprint density at radius 2 is 2.05 bits per heavy atom. The van der Waals surface area contributed by atoms with Gasteiger partial charge < -0.3 is 5.73 Å². The lowest BCUT2D eigenvalue weighted by atomic mass is 10.1. The molecule has 3 aromatic heterocycles. The summed E-state index contributed by atoms with van der Waals surface area (Å²) >= 11 is 6.23. The Morgan fingerprint density at radius 3 is 2.76 bits per heavy atom. The molecule has 0 unspecified atom stereocenters. The minimum absolute atomic E-state index is 0.463. The van der Waals surface area contributed by atoms with Gasteiger partial charge in [-0.15, -0.1) is 9.90 Å². The number of nitrogens with two attached hydrogens (primary N) is 1. The number of nitrogens with zero attached hydrogens (tertiary/aromatic N) is 6. The molecule has 3 aromatic rings. The first-order valence-electron chi connectivity index (χ1n) is 6.48. The summed E-state index contributed by atoms with van der Waals surface area (Å²) in [6, 6.07) is 3.76. The second-order valence-electron chi connectivity index (χ2n) is 4.53. The largest absolute Gasteiger partial charge is 0.330 e. The minimum Gasteiger partial charge on any atom is -0.330 e. The number of hydrogen-bond acceptors (Lipinski definition) is 5. The molecular formula is C13H14ClN7. The van der Waals surface area contributed by atoms with Crippen LogP contribution in [0.3, 0.4) is 0 Å². The molecule has 0 atom stereocenters. The van der Waals surface area contributed by atoms with Gasteiger partial charge >= 0.3 is 0 Å². The zero-order chi connectivity index (χ0) is 14.8. The van der Waals surface area contributed by atoms with Crippen LogP contribution in [-0.4, -0.2) is 36.3 Å². The van der Waals surface area contributed by atoms with Crippen molar-refractivity contribution in [2.24, 2.45) is 5.73 Å². The summed E-state index contributed by atoms with van der Waals surface area (Å²) < 4.78 is 1.74. The van der Waals surface area contributed by atoms with E-state index >= 15 is 0 Å². The quantitative estimate of drug-likeness (QED) is 0.734. The lowest BCUT2D eigenvalue weighted by Crippen LogP contribution is -2.10. The van der Waals surface area contributed by atoms with Crippen LogP contribution in [0.2, 0.25) is 5.15 Å². The van der Waals surface area contributed by atoms with Gasteiger partial charge in [-0.3, -0.25) is 0 Å². The molecule has 108 valence electrons. The summed E-state index contributed by atoms with van der Waals surface area (Å²) in [5, 5.41) is 13.1. The molecule has 3 heterocycles. The predicted octanol–water partition coefficient (Wildman–Crippen LogP) is 1.31. The standard InChI is InChI=1S/C13H14ClN7/c1-9-8-11(10(2-4-15)13(14)18-9)20-7-3-12(19-20)21-16-5-6-17-21/h3,5-8H,2,4,15H2,1H3. The van der Waals surface area contributed by atoms with Crippen molar-refractivity contribution in [2.45, 2.75) is 13.3 Å². The lowest BCUT2D eigenvalue weighted by Gasteiger charge is -2.11. The summed E-state index contributed by atoms with van der Waals surface area (Å²) in [5.41, 5.74) is 8.23. The van der Waals surface area contributed by atoms with Crippen LogP contribution in [-0.2, 0) is 6.42 Å². The monoisotopic (exact) mass is 303 g/mol. The maximum Gasteiger partial charge on any atom is 0.196 e. The number of rotatable bonds is 4. The lowest BCUT2D eigenvalue weighted by molar-refractivity contribution is 0.707. The Morgan fingerprint density at radius 1 is 1.29 bits per heavy atom. The summed E-state index contributed by atoms with van der Waals surface area (Å²) in [6.07, 6.45) is 5.68. The normalized spacial score (nSPS) is 11.0. The van der Waals surface area contributed by atoms with E-state index < -0.39 is 0 Å². The Hall–Kier alpha value is -2.25. The summed E-state index contributed by atoms with van der Waals surface area (Å²) in [7, 11) is 0. The highest BCUT2D eigenvalue weighted by molar-refractivity contribution is 6.30. The van der Waals surface area contributed by atoms with E-state index in [2.05, 4.69) is 20.3 Å². The molecule has 0 aromatic carbocycles. The second-order valence-corrected chi connectivity index (χ2v) is 4.89. The van der Waals surface area contributed by atoms with E-state index in [-0.39, 0.29) is 0 Å². The molecule has 3 rings (SSSR count). The van der Waals surface area contributed by atoms with Crippen molar-refractivity contribution in [3.05, 3.63) is 47.1 Å². The number of pyridine rings is 1. The maximum absolute atomic E-state index is 6.23. The van der Waals surface area contributed by atoms with Crippen LogP contribution in [0.1, 0.15) is 11.3 Å². The zero-order valence-corrected chi connectivity index (χ0v) is 12.2. The Kier molecular flexibility index (Phi) is 3.68. The highest BCUT2D eigenvalue weighted by Crippen LogP contribution is 2.23. The van der Waals surface area contributed by atoms with Gasteiger partial charge in [0, 0.05) is 23.5 Å². The van der Waals surface area contributed by atoms with Crippen molar-refractivity contribution in [3.63, 3.8) is 0 Å². The predicted molar refractivity (Wildman–Crippen MR) is 78.8 cm³/mol. The van der Waals surface area contributed by atoms with E-state index in [1.54, 1.807) is 17.1 Å². The van der Waals surface area contributed by atoms with Crippen LogP contribution >= 0.6 is 11.6 Å². The van der Waals surface area contributed by atoms with E-state index in [0.29, 0.717) is 23.9 Å². The first kappa shape index (κ1) is 13.7. The van der Waals surface area contributed by atoms with Gasteiger partial charge in [0.2, 0.25) is 0 Å². The van der Waals surface area contributed by atoms with E-state index in [1.807, 2.05) is 25.3 Å². The molecule has 0 aliphatic rings. The highest BCUT2D eigenvalue weighted by Gasteiger charge is 2.13. The van der Waals surface area contributed by atoms with Gasteiger partial charge in [0.15, 0.2) is 5.82 Å². The number of aryl methyl sites for hydroxylation is 1. The van der Waals surface area contributed by atoms with Crippen LogP contribution in [0.25, 0.3) is 11.5 Å². The van der Waals surface area contributed by atoms with Gasteiger partial charge in [0.05, 0.1) is 18.1 Å².